The number of nitro benzene ring substituents is 1. The van der Waals surface area contributed by atoms with Crippen molar-refractivity contribution < 1.29 is 14.1 Å². The highest BCUT2D eigenvalue weighted by atomic mass is 19.1. The van der Waals surface area contributed by atoms with E-state index >= 15 is 0 Å². The van der Waals surface area contributed by atoms with Gasteiger partial charge in [-0.05, 0) is 36.8 Å². The molecule has 21 heavy (non-hydrogen) atoms. The second kappa shape index (κ2) is 6.19. The number of halogens is 1. The molecular formula is C14H14FN3O3. The van der Waals surface area contributed by atoms with E-state index in [0.29, 0.717) is 22.6 Å². The minimum absolute atomic E-state index is 0.0529. The Bertz CT molecular complexity index is 677. The fourth-order valence-corrected chi connectivity index (χ4v) is 1.82. The molecule has 0 amide bonds. The Kier molecular flexibility index (Phi) is 4.34. The van der Waals surface area contributed by atoms with Gasteiger partial charge in [-0.3, -0.25) is 16.0 Å². The van der Waals surface area contributed by atoms with Gasteiger partial charge in [0.15, 0.2) is 0 Å². The quantitative estimate of drug-likeness (QED) is 0.502. The summed E-state index contributed by atoms with van der Waals surface area (Å²) in [6.45, 7) is 1.70. The molecule has 2 aromatic carbocycles. The number of nitrogens with one attached hydrogen (secondary N) is 1. The molecule has 0 spiro atoms. The van der Waals surface area contributed by atoms with Crippen LogP contribution in [0.1, 0.15) is 11.1 Å². The van der Waals surface area contributed by atoms with Crippen molar-refractivity contribution in [1.29, 1.82) is 0 Å². The first-order valence-corrected chi connectivity index (χ1v) is 6.14. The van der Waals surface area contributed by atoms with Crippen LogP contribution in [0.25, 0.3) is 0 Å². The zero-order valence-corrected chi connectivity index (χ0v) is 11.3. The Morgan fingerprint density at radius 1 is 1.33 bits per heavy atom. The second-order valence-electron chi connectivity index (χ2n) is 4.44. The van der Waals surface area contributed by atoms with Gasteiger partial charge in [-0.2, -0.15) is 0 Å². The van der Waals surface area contributed by atoms with E-state index in [4.69, 9.17) is 10.6 Å². The molecule has 0 unspecified atom stereocenters. The van der Waals surface area contributed by atoms with Gasteiger partial charge in [0.05, 0.1) is 10.6 Å². The second-order valence-corrected chi connectivity index (χ2v) is 4.44. The SMILES string of the molecule is Cc1cc(OCc2cc([N+](=O)[O-])ccc2NN)ccc1F. The minimum Gasteiger partial charge on any atom is -0.489 e. The van der Waals surface area contributed by atoms with Crippen molar-refractivity contribution in [1.82, 2.24) is 0 Å². The number of ether oxygens (including phenoxy) is 1. The van der Waals surface area contributed by atoms with Gasteiger partial charge in [0.1, 0.15) is 18.2 Å². The van der Waals surface area contributed by atoms with Gasteiger partial charge in [0.2, 0.25) is 0 Å². The third-order valence-corrected chi connectivity index (χ3v) is 2.98. The van der Waals surface area contributed by atoms with E-state index in [-0.39, 0.29) is 18.1 Å². The lowest BCUT2D eigenvalue weighted by Crippen LogP contribution is -2.10. The standard InChI is InChI=1S/C14H14FN3O3/c1-9-6-12(3-4-13(9)15)21-8-10-7-11(18(19)20)2-5-14(10)17-16/h2-7,17H,8,16H2,1H3. The summed E-state index contributed by atoms with van der Waals surface area (Å²) in [6.07, 6.45) is 0. The molecule has 0 radical (unpaired) electrons. The van der Waals surface area contributed by atoms with Gasteiger partial charge in [-0.1, -0.05) is 0 Å². The van der Waals surface area contributed by atoms with Crippen molar-refractivity contribution in [2.75, 3.05) is 5.43 Å². The van der Waals surface area contributed by atoms with E-state index in [2.05, 4.69) is 5.43 Å². The highest BCUT2D eigenvalue weighted by molar-refractivity contribution is 5.55. The summed E-state index contributed by atoms with van der Waals surface area (Å²) in [6, 6.07) is 8.59. The number of nitro groups is 1. The van der Waals surface area contributed by atoms with E-state index < -0.39 is 4.92 Å². The average molecular weight is 291 g/mol. The van der Waals surface area contributed by atoms with E-state index in [1.165, 1.54) is 30.3 Å². The summed E-state index contributed by atoms with van der Waals surface area (Å²) >= 11 is 0. The first-order valence-electron chi connectivity index (χ1n) is 6.14. The molecule has 0 aliphatic heterocycles. The number of anilines is 1. The third-order valence-electron chi connectivity index (χ3n) is 2.98. The molecule has 0 aliphatic carbocycles. The number of non-ortho nitro benzene ring substituents is 1. The topological polar surface area (TPSA) is 90.4 Å². The Hall–Kier alpha value is -2.67. The summed E-state index contributed by atoms with van der Waals surface area (Å²) in [5.74, 6) is 5.52. The molecule has 0 saturated heterocycles. The zero-order valence-electron chi connectivity index (χ0n) is 11.3. The molecule has 0 atom stereocenters. The zero-order chi connectivity index (χ0) is 15.4. The van der Waals surface area contributed by atoms with Crippen LogP contribution in [0.4, 0.5) is 15.8 Å². The molecule has 0 saturated carbocycles. The normalized spacial score (nSPS) is 10.2. The number of nitrogens with zero attached hydrogens (tertiary/aromatic N) is 1. The first kappa shape index (κ1) is 14.7. The van der Waals surface area contributed by atoms with Crippen molar-refractivity contribution in [3.05, 3.63) is 63.5 Å². The molecule has 110 valence electrons. The van der Waals surface area contributed by atoms with Crippen LogP contribution in [0.3, 0.4) is 0 Å². The molecule has 3 N–H and O–H groups in total. The van der Waals surface area contributed by atoms with Crippen molar-refractivity contribution >= 4 is 11.4 Å². The van der Waals surface area contributed by atoms with Crippen LogP contribution >= 0.6 is 0 Å². The van der Waals surface area contributed by atoms with Crippen molar-refractivity contribution in [2.24, 2.45) is 5.84 Å². The van der Waals surface area contributed by atoms with Gasteiger partial charge in [0, 0.05) is 17.7 Å². The predicted octanol–water partition coefficient (Wildman–Crippen LogP) is 2.91. The van der Waals surface area contributed by atoms with Crippen LogP contribution < -0.4 is 16.0 Å². The van der Waals surface area contributed by atoms with E-state index in [0.717, 1.165) is 0 Å². The largest absolute Gasteiger partial charge is 0.489 e. The molecule has 2 aromatic rings. The minimum atomic E-state index is -0.494. The van der Waals surface area contributed by atoms with Crippen molar-refractivity contribution in [3.8, 4) is 5.75 Å². The molecule has 2 rings (SSSR count). The van der Waals surface area contributed by atoms with Crippen LogP contribution in [0.15, 0.2) is 36.4 Å². The number of hydrogen-bond donors (Lipinski definition) is 2. The van der Waals surface area contributed by atoms with Crippen molar-refractivity contribution in [3.63, 3.8) is 0 Å². The summed E-state index contributed by atoms with van der Waals surface area (Å²) in [4.78, 5) is 10.3. The summed E-state index contributed by atoms with van der Waals surface area (Å²) in [7, 11) is 0. The van der Waals surface area contributed by atoms with E-state index in [9.17, 15) is 14.5 Å². The third kappa shape index (κ3) is 3.46. The maximum Gasteiger partial charge on any atom is 0.269 e. The molecule has 0 aromatic heterocycles. The molecule has 0 heterocycles. The number of hydrogen-bond acceptors (Lipinski definition) is 5. The number of nitrogens with two attached hydrogens (primary N) is 1. The monoisotopic (exact) mass is 291 g/mol. The Morgan fingerprint density at radius 3 is 2.71 bits per heavy atom. The lowest BCUT2D eigenvalue weighted by Gasteiger charge is -2.11. The molecular weight excluding hydrogens is 277 g/mol. The highest BCUT2D eigenvalue weighted by Gasteiger charge is 2.11. The van der Waals surface area contributed by atoms with Gasteiger partial charge >= 0.3 is 0 Å². The molecule has 7 heteroatoms. The van der Waals surface area contributed by atoms with Gasteiger partial charge < -0.3 is 10.2 Å². The summed E-state index contributed by atoms with van der Waals surface area (Å²) in [5.41, 5.74) is 3.93. The number of benzene rings is 2. The van der Waals surface area contributed by atoms with Gasteiger partial charge in [0.25, 0.3) is 5.69 Å². The number of hydrazine groups is 1. The molecule has 6 nitrogen and oxygen atoms in total. The smallest absolute Gasteiger partial charge is 0.269 e. The maximum atomic E-state index is 13.2. The summed E-state index contributed by atoms with van der Waals surface area (Å²) in [5, 5.41) is 10.8. The average Bonchev–Trinajstić information content (AvgIpc) is 2.48. The molecule has 0 fully saturated rings. The highest BCUT2D eigenvalue weighted by Crippen LogP contribution is 2.24. The van der Waals surface area contributed by atoms with Crippen LogP contribution in [-0.2, 0) is 6.61 Å². The lowest BCUT2D eigenvalue weighted by molar-refractivity contribution is -0.384. The maximum absolute atomic E-state index is 13.2. The van der Waals surface area contributed by atoms with Crippen LogP contribution in [0.5, 0.6) is 5.75 Å². The predicted molar refractivity (Wildman–Crippen MR) is 76.4 cm³/mol. The number of rotatable bonds is 5. The molecule has 0 aliphatic rings. The van der Waals surface area contributed by atoms with E-state index in [1.54, 1.807) is 13.0 Å². The Morgan fingerprint density at radius 2 is 2.10 bits per heavy atom. The first-order chi connectivity index (χ1) is 10.0. The fourth-order valence-electron chi connectivity index (χ4n) is 1.82. The number of aryl methyl sites for hydroxylation is 1. The fraction of sp³-hybridized carbons (Fsp3) is 0.143. The van der Waals surface area contributed by atoms with Crippen molar-refractivity contribution in [2.45, 2.75) is 13.5 Å². The van der Waals surface area contributed by atoms with Crippen LogP contribution in [0.2, 0.25) is 0 Å². The van der Waals surface area contributed by atoms with Gasteiger partial charge in [-0.15, -0.1) is 0 Å². The lowest BCUT2D eigenvalue weighted by atomic mass is 10.1. The molecule has 0 bridgehead atoms. The Balaban J connectivity index is 2.19. The van der Waals surface area contributed by atoms with Crippen LogP contribution in [0, 0.1) is 22.9 Å². The van der Waals surface area contributed by atoms with Crippen LogP contribution in [-0.4, -0.2) is 4.92 Å². The van der Waals surface area contributed by atoms with Gasteiger partial charge in [-0.25, -0.2) is 4.39 Å². The number of nitrogen functional groups attached to an aromatic ring is 1. The summed E-state index contributed by atoms with van der Waals surface area (Å²) < 4.78 is 18.7. The Labute approximate surface area is 120 Å². The van der Waals surface area contributed by atoms with E-state index in [1.807, 2.05) is 0 Å².